The number of carbonyl (C=O) groups excluding carboxylic acids is 4. The summed E-state index contributed by atoms with van der Waals surface area (Å²) in [4.78, 5) is 56.6. The third-order valence-electron chi connectivity index (χ3n) is 8.96. The van der Waals surface area contributed by atoms with Gasteiger partial charge in [-0.2, -0.15) is 0 Å². The molecule has 0 saturated carbocycles. The van der Waals surface area contributed by atoms with Gasteiger partial charge in [-0.25, -0.2) is 18.0 Å². The van der Waals surface area contributed by atoms with Crippen molar-refractivity contribution in [3.63, 3.8) is 0 Å². The van der Waals surface area contributed by atoms with Gasteiger partial charge in [-0.15, -0.1) is 0 Å². The normalized spacial score (nSPS) is 18.4. The summed E-state index contributed by atoms with van der Waals surface area (Å²) in [5.41, 5.74) is 5.83. The van der Waals surface area contributed by atoms with Crippen LogP contribution in [0.1, 0.15) is 63.8 Å². The molecule has 2 unspecified atom stereocenters. The van der Waals surface area contributed by atoms with Gasteiger partial charge in [-0.3, -0.25) is 14.4 Å². The average molecular weight is 678 g/mol. The molecular weight excluding hydrogens is 639 g/mol. The van der Waals surface area contributed by atoms with Gasteiger partial charge in [-0.05, 0) is 60.1 Å². The highest BCUT2D eigenvalue weighted by molar-refractivity contribution is 6.35. The Morgan fingerprint density at radius 1 is 0.957 bits per heavy atom. The third kappa shape index (κ3) is 8.01. The maximum Gasteiger partial charge on any atom is 0.408 e. The van der Waals surface area contributed by atoms with E-state index >= 15 is 0 Å². The van der Waals surface area contributed by atoms with Crippen molar-refractivity contribution in [2.45, 2.75) is 84.0 Å². The van der Waals surface area contributed by atoms with E-state index < -0.39 is 71.4 Å². The van der Waals surface area contributed by atoms with Gasteiger partial charge in [0, 0.05) is 23.6 Å². The summed E-state index contributed by atoms with van der Waals surface area (Å²) < 4.78 is 46.8. The zero-order chi connectivity index (χ0) is 34.6. The minimum atomic E-state index is -1.64. The number of carbonyl (C=O) groups is 4. The van der Waals surface area contributed by atoms with Crippen LogP contribution in [0.5, 0.6) is 0 Å². The molecule has 3 aromatic rings. The lowest BCUT2D eigenvalue weighted by Crippen LogP contribution is -2.67. The highest BCUT2D eigenvalue weighted by atomic mass is 35.5. The standard InChI is InChI=1S/C33H39ClF3N5O5/c1-5-16(3)26(29(38)43)40-31(45)33(8-7-25-23(14-33)22-12-21(37)13-24(34)28(22)39-25)42-30(44)27(17(4)6-2)41-32(46)47-15-18-9-19(35)11-20(36)10-18/h9-13,16-17,26-27,39H,5-8,14-15H2,1-4H3,(H2,38,43)(H,40,45)(H,41,46)(H,42,44)/t16-,17?,26-,27?,33+/m0/s1. The molecule has 47 heavy (non-hydrogen) atoms. The fraction of sp³-hybridized carbons (Fsp3) is 0.455. The lowest BCUT2D eigenvalue weighted by Gasteiger charge is -2.39. The van der Waals surface area contributed by atoms with Gasteiger partial charge < -0.3 is 31.4 Å². The average Bonchev–Trinajstić information content (AvgIpc) is 3.37. The van der Waals surface area contributed by atoms with Crippen molar-refractivity contribution < 1.29 is 37.1 Å². The van der Waals surface area contributed by atoms with Gasteiger partial charge in [-0.1, -0.05) is 52.1 Å². The number of nitrogens with one attached hydrogen (secondary N) is 4. The Labute approximate surface area is 275 Å². The minimum Gasteiger partial charge on any atom is -0.445 e. The molecule has 4 rings (SSSR count). The summed E-state index contributed by atoms with van der Waals surface area (Å²) in [5.74, 6) is -5.16. The SMILES string of the molecule is CCC(C)C(NC(=O)OCc1cc(F)cc(F)c1)C(=O)N[C@]1(C(=O)N[C@H](C(N)=O)[C@@H](C)CC)CCc2[nH]c3c(Cl)cc(F)cc3c2C1. The topological polar surface area (TPSA) is 155 Å². The molecule has 0 spiro atoms. The number of alkyl carbamates (subject to hydrolysis) is 1. The van der Waals surface area contributed by atoms with Crippen LogP contribution in [-0.2, 0) is 38.6 Å². The molecule has 254 valence electrons. The van der Waals surface area contributed by atoms with Crippen LogP contribution in [0.2, 0.25) is 5.02 Å². The number of benzene rings is 2. The van der Waals surface area contributed by atoms with Crippen molar-refractivity contribution >= 4 is 46.3 Å². The Morgan fingerprint density at radius 2 is 1.57 bits per heavy atom. The second kappa shape index (κ2) is 14.7. The molecule has 0 fully saturated rings. The molecule has 14 heteroatoms. The first kappa shape index (κ1) is 35.6. The molecule has 2 aromatic carbocycles. The fourth-order valence-electron chi connectivity index (χ4n) is 5.86. The summed E-state index contributed by atoms with van der Waals surface area (Å²) >= 11 is 6.31. The van der Waals surface area contributed by atoms with E-state index in [4.69, 9.17) is 22.1 Å². The van der Waals surface area contributed by atoms with Crippen LogP contribution in [-0.4, -0.2) is 46.4 Å². The van der Waals surface area contributed by atoms with Gasteiger partial charge in [0.1, 0.15) is 41.7 Å². The molecule has 1 aromatic heterocycles. The molecule has 0 aliphatic heterocycles. The lowest BCUT2D eigenvalue weighted by atomic mass is 9.78. The van der Waals surface area contributed by atoms with Crippen molar-refractivity contribution in [3.05, 3.63) is 69.6 Å². The predicted molar refractivity (Wildman–Crippen MR) is 170 cm³/mol. The van der Waals surface area contributed by atoms with E-state index in [2.05, 4.69) is 20.9 Å². The van der Waals surface area contributed by atoms with Crippen LogP contribution >= 0.6 is 11.6 Å². The quantitative estimate of drug-likeness (QED) is 0.184. The third-order valence-corrected chi connectivity index (χ3v) is 9.26. The van der Waals surface area contributed by atoms with Gasteiger partial charge in [0.25, 0.3) is 0 Å². The molecule has 1 aliphatic carbocycles. The number of hydrogen-bond acceptors (Lipinski definition) is 5. The Balaban J connectivity index is 1.65. The molecule has 1 heterocycles. The second-order valence-corrected chi connectivity index (χ2v) is 12.6. The summed E-state index contributed by atoms with van der Waals surface area (Å²) in [5, 5.41) is 8.70. The summed E-state index contributed by atoms with van der Waals surface area (Å²) in [6.07, 6.45) is 0.199. The number of aromatic amines is 1. The van der Waals surface area contributed by atoms with Crippen LogP contribution in [0.3, 0.4) is 0 Å². The second-order valence-electron chi connectivity index (χ2n) is 12.2. The van der Waals surface area contributed by atoms with E-state index in [1.807, 2.05) is 6.92 Å². The van der Waals surface area contributed by atoms with Crippen molar-refractivity contribution in [1.82, 2.24) is 20.9 Å². The van der Waals surface area contributed by atoms with Crippen molar-refractivity contribution in [1.29, 1.82) is 0 Å². The molecule has 4 amide bonds. The first-order valence-electron chi connectivity index (χ1n) is 15.5. The highest BCUT2D eigenvalue weighted by Crippen LogP contribution is 2.37. The fourth-order valence-corrected chi connectivity index (χ4v) is 6.12. The minimum absolute atomic E-state index is 0.0661. The number of aryl methyl sites for hydroxylation is 1. The van der Waals surface area contributed by atoms with E-state index in [9.17, 15) is 32.3 Å². The van der Waals surface area contributed by atoms with Crippen molar-refractivity contribution in [3.8, 4) is 0 Å². The maximum atomic E-state index is 14.5. The van der Waals surface area contributed by atoms with E-state index in [-0.39, 0.29) is 35.8 Å². The molecule has 0 bridgehead atoms. The number of primary amides is 1. The van der Waals surface area contributed by atoms with Gasteiger partial charge in [0.15, 0.2) is 0 Å². The number of fused-ring (bicyclic) bond motifs is 3. The number of ether oxygens (including phenoxy) is 1. The van der Waals surface area contributed by atoms with Crippen molar-refractivity contribution in [2.75, 3.05) is 0 Å². The van der Waals surface area contributed by atoms with Crippen LogP contribution in [0.15, 0.2) is 30.3 Å². The summed E-state index contributed by atoms with van der Waals surface area (Å²) in [6, 6.07) is 2.94. The Morgan fingerprint density at radius 3 is 2.19 bits per heavy atom. The smallest absolute Gasteiger partial charge is 0.408 e. The van der Waals surface area contributed by atoms with E-state index in [1.165, 1.54) is 12.1 Å². The first-order chi connectivity index (χ1) is 22.2. The monoisotopic (exact) mass is 677 g/mol. The largest absolute Gasteiger partial charge is 0.445 e. The maximum absolute atomic E-state index is 14.5. The molecular formula is C33H39ClF3N5O5. The van der Waals surface area contributed by atoms with E-state index in [1.54, 1.807) is 20.8 Å². The molecule has 0 radical (unpaired) electrons. The Kier molecular flexibility index (Phi) is 11.1. The number of halogens is 4. The first-order valence-corrected chi connectivity index (χ1v) is 15.8. The van der Waals surface area contributed by atoms with Crippen LogP contribution < -0.4 is 21.7 Å². The number of H-pyrrole nitrogens is 1. The number of hydrogen-bond donors (Lipinski definition) is 5. The van der Waals surface area contributed by atoms with Gasteiger partial charge in [0.2, 0.25) is 17.7 Å². The van der Waals surface area contributed by atoms with E-state index in [0.29, 0.717) is 41.1 Å². The molecule has 0 saturated heterocycles. The molecule has 6 N–H and O–H groups in total. The molecule has 5 atom stereocenters. The zero-order valence-corrected chi connectivity index (χ0v) is 27.3. The number of aromatic nitrogens is 1. The predicted octanol–water partition coefficient (Wildman–Crippen LogP) is 4.94. The van der Waals surface area contributed by atoms with Gasteiger partial charge >= 0.3 is 6.09 Å². The highest BCUT2D eigenvalue weighted by Gasteiger charge is 2.47. The number of nitrogens with two attached hydrogens (primary N) is 1. The zero-order valence-electron chi connectivity index (χ0n) is 26.6. The lowest BCUT2D eigenvalue weighted by molar-refractivity contribution is -0.137. The van der Waals surface area contributed by atoms with E-state index in [0.717, 1.165) is 12.1 Å². The van der Waals surface area contributed by atoms with Crippen molar-refractivity contribution in [2.24, 2.45) is 17.6 Å². The summed E-state index contributed by atoms with van der Waals surface area (Å²) in [6.45, 7) is 6.66. The Hall–Kier alpha value is -4.26. The molecule has 10 nitrogen and oxygen atoms in total. The van der Waals surface area contributed by atoms with Gasteiger partial charge in [0.05, 0.1) is 10.5 Å². The molecule has 1 aliphatic rings. The van der Waals surface area contributed by atoms with Crippen LogP contribution in [0.25, 0.3) is 10.9 Å². The van der Waals surface area contributed by atoms with Crippen LogP contribution in [0, 0.1) is 29.3 Å². The summed E-state index contributed by atoms with van der Waals surface area (Å²) in [7, 11) is 0. The number of amides is 4. The number of rotatable bonds is 12. The van der Waals surface area contributed by atoms with Crippen LogP contribution in [0.4, 0.5) is 18.0 Å². The Bertz CT molecular complexity index is 1660.